The van der Waals surface area contributed by atoms with Crippen molar-refractivity contribution in [3.05, 3.63) is 66.0 Å². The Balaban J connectivity index is 2.33. The van der Waals surface area contributed by atoms with Crippen LogP contribution in [0.4, 0.5) is 0 Å². The molecule has 0 aliphatic rings. The summed E-state index contributed by atoms with van der Waals surface area (Å²) in [4.78, 5) is 4.31. The smallest absolute Gasteiger partial charge is 0.0949 e. The summed E-state index contributed by atoms with van der Waals surface area (Å²) >= 11 is 0. The van der Waals surface area contributed by atoms with Crippen molar-refractivity contribution < 1.29 is 5.11 Å². The quantitative estimate of drug-likeness (QED) is 0.874. The van der Waals surface area contributed by atoms with E-state index in [1.807, 2.05) is 62.4 Å². The lowest BCUT2D eigenvalue weighted by Crippen LogP contribution is -2.28. The maximum atomic E-state index is 10.7. The van der Waals surface area contributed by atoms with Crippen LogP contribution >= 0.6 is 0 Å². The third-order valence-electron chi connectivity index (χ3n) is 3.33. The number of hydrogen-bond acceptors (Lipinski definition) is 2. The minimum atomic E-state index is -0.907. The Morgan fingerprint density at radius 2 is 1.71 bits per heavy atom. The van der Waals surface area contributed by atoms with Gasteiger partial charge in [0.2, 0.25) is 0 Å². The molecule has 0 spiro atoms. The molecule has 0 aliphatic carbocycles. The molecule has 1 N–H and O–H groups in total. The molecule has 0 aliphatic heterocycles. The van der Waals surface area contributed by atoms with Gasteiger partial charge in [-0.3, -0.25) is 4.98 Å². The second-order valence-electron chi connectivity index (χ2n) is 4.49. The van der Waals surface area contributed by atoms with Crippen molar-refractivity contribution >= 4 is 0 Å². The highest BCUT2D eigenvalue weighted by Gasteiger charge is 2.31. The molecule has 1 heterocycles. The van der Waals surface area contributed by atoms with Gasteiger partial charge in [0.15, 0.2) is 0 Å². The number of nitrogens with zero attached hydrogens (tertiary/aromatic N) is 1. The Kier molecular flexibility index (Phi) is 3.25. The highest BCUT2D eigenvalue weighted by molar-refractivity contribution is 5.26. The molecular weight excluding hydrogens is 210 g/mol. The molecule has 0 amide bonds. The van der Waals surface area contributed by atoms with Crippen molar-refractivity contribution in [2.24, 2.45) is 0 Å². The Hall–Kier alpha value is -1.67. The van der Waals surface area contributed by atoms with E-state index in [4.69, 9.17) is 0 Å². The molecule has 0 radical (unpaired) electrons. The highest BCUT2D eigenvalue weighted by Crippen LogP contribution is 2.35. The summed E-state index contributed by atoms with van der Waals surface area (Å²) in [6, 6.07) is 15.5. The van der Waals surface area contributed by atoms with Crippen molar-refractivity contribution in [2.45, 2.75) is 25.4 Å². The third kappa shape index (κ3) is 2.37. The second kappa shape index (κ2) is 4.68. The standard InChI is InChI=1S/C15H17NO/c1-12(14-10-6-7-11-16-14)15(2,17)13-8-4-3-5-9-13/h3-12,17H,1-2H3/t12-,15-/m0/s1. The number of rotatable bonds is 3. The monoisotopic (exact) mass is 227 g/mol. The topological polar surface area (TPSA) is 33.1 Å². The van der Waals surface area contributed by atoms with E-state index in [0.717, 1.165) is 11.3 Å². The van der Waals surface area contributed by atoms with Gasteiger partial charge in [0.1, 0.15) is 0 Å². The number of benzene rings is 1. The van der Waals surface area contributed by atoms with Gasteiger partial charge in [0, 0.05) is 17.8 Å². The molecule has 1 aromatic heterocycles. The minimum absolute atomic E-state index is 0.0499. The van der Waals surface area contributed by atoms with Crippen LogP contribution in [0.25, 0.3) is 0 Å². The van der Waals surface area contributed by atoms with E-state index in [2.05, 4.69) is 4.98 Å². The molecule has 2 rings (SSSR count). The van der Waals surface area contributed by atoms with Gasteiger partial charge in [-0.05, 0) is 24.6 Å². The third-order valence-corrected chi connectivity index (χ3v) is 3.33. The zero-order valence-corrected chi connectivity index (χ0v) is 10.2. The molecule has 2 atom stereocenters. The lowest BCUT2D eigenvalue weighted by Gasteiger charge is -2.30. The summed E-state index contributed by atoms with van der Waals surface area (Å²) in [5, 5.41) is 10.7. The first-order chi connectivity index (χ1) is 8.12. The van der Waals surface area contributed by atoms with E-state index in [1.54, 1.807) is 6.20 Å². The normalized spacial score (nSPS) is 16.2. The molecule has 0 saturated carbocycles. The average Bonchev–Trinajstić information content (AvgIpc) is 2.40. The van der Waals surface area contributed by atoms with Crippen molar-refractivity contribution in [1.82, 2.24) is 4.98 Å². The van der Waals surface area contributed by atoms with Gasteiger partial charge >= 0.3 is 0 Å². The first kappa shape index (κ1) is 11.8. The SMILES string of the molecule is C[C@@H](c1ccccn1)[C@](C)(O)c1ccccc1. The fourth-order valence-electron chi connectivity index (χ4n) is 1.95. The molecule has 2 nitrogen and oxygen atoms in total. The van der Waals surface area contributed by atoms with Crippen LogP contribution in [-0.4, -0.2) is 10.1 Å². The zero-order chi connectivity index (χ0) is 12.3. The molecule has 2 aromatic rings. The summed E-state index contributed by atoms with van der Waals surface area (Å²) in [5.74, 6) is -0.0499. The van der Waals surface area contributed by atoms with E-state index < -0.39 is 5.60 Å². The second-order valence-corrected chi connectivity index (χ2v) is 4.49. The van der Waals surface area contributed by atoms with Crippen LogP contribution in [0.1, 0.15) is 31.0 Å². The maximum Gasteiger partial charge on any atom is 0.0949 e. The summed E-state index contributed by atoms with van der Waals surface area (Å²) in [7, 11) is 0. The lowest BCUT2D eigenvalue weighted by molar-refractivity contribution is 0.0311. The molecular formula is C15H17NO. The first-order valence-corrected chi connectivity index (χ1v) is 5.81. The van der Waals surface area contributed by atoms with Crippen LogP contribution in [-0.2, 0) is 5.60 Å². The summed E-state index contributed by atoms with van der Waals surface area (Å²) in [6.07, 6.45) is 1.76. The van der Waals surface area contributed by atoms with E-state index in [1.165, 1.54) is 0 Å². The zero-order valence-electron chi connectivity index (χ0n) is 10.2. The van der Waals surface area contributed by atoms with Gasteiger partial charge < -0.3 is 5.11 Å². The van der Waals surface area contributed by atoms with Crippen LogP contribution < -0.4 is 0 Å². The average molecular weight is 227 g/mol. The largest absolute Gasteiger partial charge is 0.385 e. The van der Waals surface area contributed by atoms with Crippen molar-refractivity contribution in [2.75, 3.05) is 0 Å². The van der Waals surface area contributed by atoms with Gasteiger partial charge in [-0.1, -0.05) is 43.3 Å². The summed E-state index contributed by atoms with van der Waals surface area (Å²) < 4.78 is 0. The van der Waals surface area contributed by atoms with Crippen LogP contribution in [0.2, 0.25) is 0 Å². The predicted molar refractivity (Wildman–Crippen MR) is 68.7 cm³/mol. The van der Waals surface area contributed by atoms with Gasteiger partial charge in [0.25, 0.3) is 0 Å². The van der Waals surface area contributed by atoms with E-state index in [9.17, 15) is 5.11 Å². The van der Waals surface area contributed by atoms with E-state index in [0.29, 0.717) is 0 Å². The van der Waals surface area contributed by atoms with Crippen molar-refractivity contribution in [3.63, 3.8) is 0 Å². The molecule has 0 fully saturated rings. The van der Waals surface area contributed by atoms with Crippen LogP contribution in [0.3, 0.4) is 0 Å². The van der Waals surface area contributed by atoms with Gasteiger partial charge in [-0.2, -0.15) is 0 Å². The number of hydrogen-bond donors (Lipinski definition) is 1. The Morgan fingerprint density at radius 1 is 1.06 bits per heavy atom. The van der Waals surface area contributed by atoms with Gasteiger partial charge in [0.05, 0.1) is 5.60 Å². The maximum absolute atomic E-state index is 10.7. The minimum Gasteiger partial charge on any atom is -0.385 e. The first-order valence-electron chi connectivity index (χ1n) is 5.81. The highest BCUT2D eigenvalue weighted by atomic mass is 16.3. The fraction of sp³-hybridized carbons (Fsp3) is 0.267. The van der Waals surface area contributed by atoms with Crippen molar-refractivity contribution in [1.29, 1.82) is 0 Å². The van der Waals surface area contributed by atoms with Gasteiger partial charge in [-0.15, -0.1) is 0 Å². The fourth-order valence-corrected chi connectivity index (χ4v) is 1.95. The predicted octanol–water partition coefficient (Wildman–Crippen LogP) is 3.09. The molecule has 0 unspecified atom stereocenters. The van der Waals surface area contributed by atoms with Gasteiger partial charge in [-0.25, -0.2) is 0 Å². The number of pyridine rings is 1. The molecule has 0 bridgehead atoms. The van der Waals surface area contributed by atoms with Crippen LogP contribution in [0, 0.1) is 0 Å². The number of aliphatic hydroxyl groups is 1. The molecule has 2 heteroatoms. The van der Waals surface area contributed by atoms with E-state index in [-0.39, 0.29) is 5.92 Å². The Morgan fingerprint density at radius 3 is 2.29 bits per heavy atom. The summed E-state index contributed by atoms with van der Waals surface area (Å²) in [6.45, 7) is 3.83. The van der Waals surface area contributed by atoms with Crippen molar-refractivity contribution in [3.8, 4) is 0 Å². The lowest BCUT2D eigenvalue weighted by atomic mass is 9.82. The Labute approximate surface area is 102 Å². The molecule has 1 aromatic carbocycles. The molecule has 0 saturated heterocycles. The van der Waals surface area contributed by atoms with E-state index >= 15 is 0 Å². The van der Waals surface area contributed by atoms with Crippen LogP contribution in [0.15, 0.2) is 54.7 Å². The van der Waals surface area contributed by atoms with Crippen LogP contribution in [0.5, 0.6) is 0 Å². The number of aromatic nitrogens is 1. The molecule has 17 heavy (non-hydrogen) atoms. The summed E-state index contributed by atoms with van der Waals surface area (Å²) in [5.41, 5.74) is 0.912. The Bertz CT molecular complexity index is 465. The molecule has 88 valence electrons.